The Morgan fingerprint density at radius 1 is 1.17 bits per heavy atom. The van der Waals surface area contributed by atoms with E-state index >= 15 is 0 Å². The summed E-state index contributed by atoms with van der Waals surface area (Å²) < 4.78 is 26.8. The van der Waals surface area contributed by atoms with E-state index in [1.165, 1.54) is 0 Å². The molecule has 5 heteroatoms. The molecular weight excluding hydrogens is 300 g/mol. The van der Waals surface area contributed by atoms with Crippen molar-refractivity contribution < 1.29 is 18.7 Å². The summed E-state index contributed by atoms with van der Waals surface area (Å²) >= 11 is 0. The summed E-state index contributed by atoms with van der Waals surface area (Å²) in [4.78, 5) is 14.2. The fourth-order valence-corrected chi connectivity index (χ4v) is 4.07. The molecule has 3 nitrogen and oxygen atoms in total. The summed E-state index contributed by atoms with van der Waals surface area (Å²) in [7, 11) is 0. The van der Waals surface area contributed by atoms with Gasteiger partial charge in [-0.2, -0.15) is 0 Å². The van der Waals surface area contributed by atoms with Gasteiger partial charge in [-0.3, -0.25) is 4.79 Å². The van der Waals surface area contributed by atoms with Crippen molar-refractivity contribution in [2.75, 3.05) is 6.61 Å². The average molecular weight is 323 g/mol. The predicted octanol–water partition coefficient (Wildman–Crippen LogP) is 3.54. The number of aliphatic hydroxyl groups is 1. The maximum absolute atomic E-state index is 13.4. The summed E-state index contributed by atoms with van der Waals surface area (Å²) in [6, 6.07) is 9.06. The van der Waals surface area contributed by atoms with Gasteiger partial charge in [0.1, 0.15) is 0 Å². The second kappa shape index (κ2) is 6.56. The molecule has 1 heterocycles. The highest BCUT2D eigenvalue weighted by Crippen LogP contribution is 2.43. The number of carbonyl (C=O) groups is 1. The molecule has 2 aliphatic rings. The van der Waals surface area contributed by atoms with E-state index in [1.54, 1.807) is 4.90 Å². The van der Waals surface area contributed by atoms with Crippen molar-refractivity contribution in [2.24, 2.45) is 5.92 Å². The number of aliphatic hydroxyl groups excluding tert-OH is 1. The van der Waals surface area contributed by atoms with Crippen LogP contribution in [-0.4, -0.2) is 34.5 Å². The first-order valence-electron chi connectivity index (χ1n) is 8.36. The van der Waals surface area contributed by atoms with Crippen LogP contribution < -0.4 is 0 Å². The van der Waals surface area contributed by atoms with Gasteiger partial charge in [0, 0.05) is 25.3 Å². The number of likely N-dealkylation sites (tertiary alicyclic amines) is 1. The summed E-state index contributed by atoms with van der Waals surface area (Å²) in [5.41, 5.74) is 0.899. The Morgan fingerprint density at radius 2 is 1.83 bits per heavy atom. The average Bonchev–Trinajstić information content (AvgIpc) is 2.91. The number of alkyl halides is 2. The van der Waals surface area contributed by atoms with E-state index < -0.39 is 5.92 Å². The van der Waals surface area contributed by atoms with Gasteiger partial charge in [0.05, 0.1) is 12.6 Å². The summed E-state index contributed by atoms with van der Waals surface area (Å²) in [6.45, 7) is -0.144. The zero-order valence-electron chi connectivity index (χ0n) is 13.1. The lowest BCUT2D eigenvalue weighted by Crippen LogP contribution is -2.44. The van der Waals surface area contributed by atoms with E-state index in [0.29, 0.717) is 25.7 Å². The van der Waals surface area contributed by atoms with Gasteiger partial charge < -0.3 is 10.0 Å². The minimum absolute atomic E-state index is 0.0234. The van der Waals surface area contributed by atoms with Crippen molar-refractivity contribution in [3.8, 4) is 0 Å². The van der Waals surface area contributed by atoms with E-state index in [9.17, 15) is 18.7 Å². The molecule has 0 spiro atoms. The first kappa shape index (κ1) is 16.4. The van der Waals surface area contributed by atoms with Crippen LogP contribution in [0.5, 0.6) is 0 Å². The highest BCUT2D eigenvalue weighted by molar-refractivity contribution is 5.79. The summed E-state index contributed by atoms with van der Waals surface area (Å²) in [5, 5.41) is 9.84. The van der Waals surface area contributed by atoms with Crippen LogP contribution in [0.4, 0.5) is 8.78 Å². The molecular formula is C18H23F2NO2. The zero-order valence-corrected chi connectivity index (χ0v) is 13.1. The molecule has 0 radical (unpaired) electrons. The maximum Gasteiger partial charge on any atom is 0.248 e. The van der Waals surface area contributed by atoms with Crippen LogP contribution in [0, 0.1) is 5.92 Å². The Kier molecular flexibility index (Phi) is 4.67. The first-order valence-corrected chi connectivity index (χ1v) is 8.36. The van der Waals surface area contributed by atoms with Gasteiger partial charge in [0.15, 0.2) is 0 Å². The van der Waals surface area contributed by atoms with Crippen molar-refractivity contribution >= 4 is 5.91 Å². The van der Waals surface area contributed by atoms with Crippen LogP contribution in [-0.2, 0) is 4.79 Å². The molecule has 1 saturated heterocycles. The Morgan fingerprint density at radius 3 is 2.43 bits per heavy atom. The lowest BCUT2D eigenvalue weighted by Gasteiger charge is -2.39. The Bertz CT molecular complexity index is 539. The van der Waals surface area contributed by atoms with Crippen LogP contribution in [0.25, 0.3) is 0 Å². The number of amides is 1. The fraction of sp³-hybridized carbons (Fsp3) is 0.611. The molecule has 1 N–H and O–H groups in total. The third-order valence-electron chi connectivity index (χ3n) is 5.30. The number of benzene rings is 1. The number of hydrogen-bond donors (Lipinski definition) is 1. The SMILES string of the molecule is O=C1CCC(C2CCC(F)(F)CC2)N1[C@@H](CO)c1ccccc1. The number of carbonyl (C=O) groups excluding carboxylic acids is 1. The van der Waals surface area contributed by atoms with Crippen LogP contribution in [0.3, 0.4) is 0 Å². The van der Waals surface area contributed by atoms with Gasteiger partial charge in [-0.25, -0.2) is 8.78 Å². The van der Waals surface area contributed by atoms with Gasteiger partial charge >= 0.3 is 0 Å². The summed E-state index contributed by atoms with van der Waals surface area (Å²) in [6.07, 6.45) is 1.87. The molecule has 0 aromatic heterocycles. The van der Waals surface area contributed by atoms with Crippen LogP contribution >= 0.6 is 0 Å². The third kappa shape index (κ3) is 3.39. The highest BCUT2D eigenvalue weighted by atomic mass is 19.3. The van der Waals surface area contributed by atoms with Gasteiger partial charge in [0.2, 0.25) is 11.8 Å². The molecule has 2 fully saturated rings. The number of hydrogen-bond acceptors (Lipinski definition) is 2. The maximum atomic E-state index is 13.4. The Balaban J connectivity index is 1.79. The van der Waals surface area contributed by atoms with E-state index in [2.05, 4.69) is 0 Å². The lowest BCUT2D eigenvalue weighted by atomic mass is 9.80. The molecule has 0 bridgehead atoms. The first-order chi connectivity index (χ1) is 11.0. The Hall–Kier alpha value is -1.49. The van der Waals surface area contributed by atoms with Crippen molar-refractivity contribution in [1.29, 1.82) is 0 Å². The van der Waals surface area contributed by atoms with E-state index in [1.807, 2.05) is 30.3 Å². The number of nitrogens with zero attached hydrogens (tertiary/aromatic N) is 1. The minimum atomic E-state index is -2.56. The quantitative estimate of drug-likeness (QED) is 0.921. The lowest BCUT2D eigenvalue weighted by molar-refractivity contribution is -0.134. The molecule has 1 saturated carbocycles. The second-order valence-electron chi connectivity index (χ2n) is 6.71. The highest BCUT2D eigenvalue weighted by Gasteiger charge is 2.44. The summed E-state index contributed by atoms with van der Waals surface area (Å²) in [5.74, 6) is -2.42. The monoisotopic (exact) mass is 323 g/mol. The van der Waals surface area contributed by atoms with Gasteiger partial charge in [-0.15, -0.1) is 0 Å². The standard InChI is InChI=1S/C18H23F2NO2/c19-18(20)10-8-14(9-11-18)15-6-7-17(23)21(15)16(12-22)13-4-2-1-3-5-13/h1-5,14-16,22H,6-12H2/t15?,16-/m0/s1. The molecule has 1 aromatic rings. The van der Waals surface area contributed by atoms with Crippen molar-refractivity contribution in [1.82, 2.24) is 4.90 Å². The molecule has 1 amide bonds. The minimum Gasteiger partial charge on any atom is -0.394 e. The van der Waals surface area contributed by atoms with Crippen molar-refractivity contribution in [3.05, 3.63) is 35.9 Å². The third-order valence-corrected chi connectivity index (χ3v) is 5.30. The molecule has 1 aliphatic carbocycles. The number of halogens is 2. The largest absolute Gasteiger partial charge is 0.394 e. The fourth-order valence-electron chi connectivity index (χ4n) is 4.07. The van der Waals surface area contributed by atoms with Crippen LogP contribution in [0.2, 0.25) is 0 Å². The van der Waals surface area contributed by atoms with E-state index in [4.69, 9.17) is 0 Å². The number of rotatable bonds is 4. The van der Waals surface area contributed by atoms with Gasteiger partial charge in [-0.05, 0) is 30.7 Å². The molecule has 23 heavy (non-hydrogen) atoms. The predicted molar refractivity (Wildman–Crippen MR) is 83.0 cm³/mol. The van der Waals surface area contributed by atoms with Crippen LogP contribution in [0.1, 0.15) is 50.1 Å². The molecule has 1 unspecified atom stereocenters. The topological polar surface area (TPSA) is 40.5 Å². The van der Waals surface area contributed by atoms with Crippen LogP contribution in [0.15, 0.2) is 30.3 Å². The molecule has 126 valence electrons. The molecule has 2 atom stereocenters. The zero-order chi connectivity index (χ0) is 16.4. The normalized spacial score (nSPS) is 26.5. The molecule has 1 aliphatic heterocycles. The van der Waals surface area contributed by atoms with E-state index in [-0.39, 0.29) is 43.4 Å². The van der Waals surface area contributed by atoms with Crippen molar-refractivity contribution in [3.63, 3.8) is 0 Å². The second-order valence-corrected chi connectivity index (χ2v) is 6.71. The van der Waals surface area contributed by atoms with Gasteiger partial charge in [-0.1, -0.05) is 30.3 Å². The Labute approximate surface area is 135 Å². The van der Waals surface area contributed by atoms with E-state index in [0.717, 1.165) is 5.56 Å². The van der Waals surface area contributed by atoms with Gasteiger partial charge in [0.25, 0.3) is 0 Å². The molecule has 1 aromatic carbocycles. The molecule has 3 rings (SSSR count). The van der Waals surface area contributed by atoms with Crippen molar-refractivity contribution in [2.45, 2.75) is 56.5 Å². The smallest absolute Gasteiger partial charge is 0.248 e.